The van der Waals surface area contributed by atoms with Gasteiger partial charge in [0.05, 0.1) is 11.2 Å². The second-order valence-corrected chi connectivity index (χ2v) is 4.14. The Bertz CT molecular complexity index is 247. The molecule has 1 rings (SSSR count). The standard InChI is InChI=1S/C9H17N3S/c1-8-9(13-7-11-8)6-12(3)5-4-10-2/h7,10H,4-6H2,1-3H3. The molecule has 0 aliphatic carbocycles. The van der Waals surface area contributed by atoms with Crippen LogP contribution in [0, 0.1) is 6.92 Å². The highest BCUT2D eigenvalue weighted by atomic mass is 32.1. The summed E-state index contributed by atoms with van der Waals surface area (Å²) in [5.74, 6) is 0. The highest BCUT2D eigenvalue weighted by Crippen LogP contribution is 2.13. The third-order valence-corrected chi connectivity index (χ3v) is 2.92. The Hall–Kier alpha value is -0.450. The molecule has 1 heterocycles. The molecule has 3 nitrogen and oxygen atoms in total. The molecule has 0 bridgehead atoms. The molecule has 0 amide bonds. The molecule has 4 heteroatoms. The van der Waals surface area contributed by atoms with Gasteiger partial charge >= 0.3 is 0 Å². The summed E-state index contributed by atoms with van der Waals surface area (Å²) in [4.78, 5) is 7.90. The van der Waals surface area contributed by atoms with E-state index in [1.807, 2.05) is 12.6 Å². The van der Waals surface area contributed by atoms with Gasteiger partial charge in [-0.1, -0.05) is 0 Å². The third-order valence-electron chi connectivity index (χ3n) is 2.00. The zero-order valence-electron chi connectivity index (χ0n) is 8.50. The number of likely N-dealkylation sites (N-methyl/N-ethyl adjacent to an activating group) is 2. The highest BCUT2D eigenvalue weighted by molar-refractivity contribution is 7.09. The quantitative estimate of drug-likeness (QED) is 0.770. The van der Waals surface area contributed by atoms with Crippen molar-refractivity contribution in [3.63, 3.8) is 0 Å². The van der Waals surface area contributed by atoms with Crippen LogP contribution in [-0.2, 0) is 6.54 Å². The van der Waals surface area contributed by atoms with E-state index < -0.39 is 0 Å². The van der Waals surface area contributed by atoms with Crippen LogP contribution in [0.5, 0.6) is 0 Å². The summed E-state index contributed by atoms with van der Waals surface area (Å²) in [6.45, 7) is 5.19. The van der Waals surface area contributed by atoms with Crippen molar-refractivity contribution in [1.82, 2.24) is 15.2 Å². The van der Waals surface area contributed by atoms with Crippen molar-refractivity contribution in [2.45, 2.75) is 13.5 Å². The van der Waals surface area contributed by atoms with E-state index in [1.54, 1.807) is 11.3 Å². The van der Waals surface area contributed by atoms with Crippen LogP contribution in [0.15, 0.2) is 5.51 Å². The van der Waals surface area contributed by atoms with E-state index in [2.05, 4.69) is 29.2 Å². The lowest BCUT2D eigenvalue weighted by Gasteiger charge is -2.15. The Labute approximate surface area is 83.8 Å². The molecule has 1 aromatic heterocycles. The number of nitrogens with one attached hydrogen (secondary N) is 1. The summed E-state index contributed by atoms with van der Waals surface area (Å²) in [6, 6.07) is 0. The van der Waals surface area contributed by atoms with Crippen LogP contribution in [0.2, 0.25) is 0 Å². The molecule has 0 aliphatic rings. The molecular formula is C9H17N3S. The molecule has 74 valence electrons. The Balaban J connectivity index is 2.36. The molecular weight excluding hydrogens is 182 g/mol. The molecule has 0 radical (unpaired) electrons. The molecule has 0 unspecified atom stereocenters. The average Bonchev–Trinajstić information content (AvgIpc) is 2.48. The summed E-state index contributed by atoms with van der Waals surface area (Å²) in [7, 11) is 4.11. The lowest BCUT2D eigenvalue weighted by Crippen LogP contribution is -2.26. The smallest absolute Gasteiger partial charge is 0.0798 e. The number of thiazole rings is 1. The van der Waals surface area contributed by atoms with Crippen LogP contribution in [0.1, 0.15) is 10.6 Å². The number of hydrogen-bond acceptors (Lipinski definition) is 4. The zero-order valence-corrected chi connectivity index (χ0v) is 9.32. The summed E-state index contributed by atoms with van der Waals surface area (Å²) in [6.07, 6.45) is 0. The van der Waals surface area contributed by atoms with Crippen LogP contribution in [0.4, 0.5) is 0 Å². The van der Waals surface area contributed by atoms with Crippen molar-refractivity contribution in [2.24, 2.45) is 0 Å². The normalized spacial score (nSPS) is 11.1. The molecule has 0 aliphatic heterocycles. The molecule has 1 aromatic rings. The van der Waals surface area contributed by atoms with Crippen LogP contribution in [-0.4, -0.2) is 37.1 Å². The minimum Gasteiger partial charge on any atom is -0.318 e. The number of nitrogens with zero attached hydrogens (tertiary/aromatic N) is 2. The van der Waals surface area contributed by atoms with E-state index >= 15 is 0 Å². The van der Waals surface area contributed by atoms with Gasteiger partial charge in [0.15, 0.2) is 0 Å². The lowest BCUT2D eigenvalue weighted by atomic mass is 10.3. The lowest BCUT2D eigenvalue weighted by molar-refractivity contribution is 0.330. The number of hydrogen-bond donors (Lipinski definition) is 1. The largest absolute Gasteiger partial charge is 0.318 e. The summed E-state index contributed by atoms with van der Waals surface area (Å²) >= 11 is 1.74. The highest BCUT2D eigenvalue weighted by Gasteiger charge is 2.04. The van der Waals surface area contributed by atoms with E-state index in [-0.39, 0.29) is 0 Å². The van der Waals surface area contributed by atoms with E-state index in [1.165, 1.54) is 10.6 Å². The summed E-state index contributed by atoms with van der Waals surface area (Å²) < 4.78 is 0. The van der Waals surface area contributed by atoms with E-state index in [0.717, 1.165) is 19.6 Å². The third kappa shape index (κ3) is 3.42. The molecule has 0 aromatic carbocycles. The van der Waals surface area contributed by atoms with Gasteiger partial charge in [0.1, 0.15) is 0 Å². The van der Waals surface area contributed by atoms with Crippen molar-refractivity contribution in [3.8, 4) is 0 Å². The number of aromatic nitrogens is 1. The fourth-order valence-electron chi connectivity index (χ4n) is 1.10. The van der Waals surface area contributed by atoms with Crippen molar-refractivity contribution < 1.29 is 0 Å². The molecule has 1 N–H and O–H groups in total. The second kappa shape index (κ2) is 5.32. The Kier molecular flexibility index (Phi) is 4.35. The first-order valence-electron chi connectivity index (χ1n) is 4.46. The van der Waals surface area contributed by atoms with Gasteiger partial charge in [-0.25, -0.2) is 4.98 Å². The maximum atomic E-state index is 4.23. The average molecular weight is 199 g/mol. The van der Waals surface area contributed by atoms with Crippen molar-refractivity contribution >= 4 is 11.3 Å². The van der Waals surface area contributed by atoms with Gasteiger partial charge in [-0.3, -0.25) is 4.90 Å². The maximum Gasteiger partial charge on any atom is 0.0798 e. The Morgan fingerprint density at radius 2 is 2.38 bits per heavy atom. The van der Waals surface area contributed by atoms with Gasteiger partial charge in [-0.05, 0) is 21.0 Å². The number of aryl methyl sites for hydroxylation is 1. The Morgan fingerprint density at radius 3 is 2.92 bits per heavy atom. The van der Waals surface area contributed by atoms with E-state index in [4.69, 9.17) is 0 Å². The minimum atomic E-state index is 1.01. The fourth-order valence-corrected chi connectivity index (χ4v) is 1.96. The van der Waals surface area contributed by atoms with Crippen LogP contribution in [0.25, 0.3) is 0 Å². The van der Waals surface area contributed by atoms with Gasteiger partial charge in [0.25, 0.3) is 0 Å². The van der Waals surface area contributed by atoms with Gasteiger partial charge < -0.3 is 5.32 Å². The number of rotatable bonds is 5. The monoisotopic (exact) mass is 199 g/mol. The van der Waals surface area contributed by atoms with Crippen LogP contribution in [0.3, 0.4) is 0 Å². The predicted molar refractivity (Wildman–Crippen MR) is 57.1 cm³/mol. The first-order valence-corrected chi connectivity index (χ1v) is 5.34. The molecule has 0 saturated heterocycles. The van der Waals surface area contributed by atoms with E-state index in [9.17, 15) is 0 Å². The Morgan fingerprint density at radius 1 is 1.62 bits per heavy atom. The van der Waals surface area contributed by atoms with Gasteiger partial charge in [-0.15, -0.1) is 11.3 Å². The second-order valence-electron chi connectivity index (χ2n) is 3.20. The molecule has 0 saturated carbocycles. The predicted octanol–water partition coefficient (Wildman–Crippen LogP) is 1.10. The zero-order chi connectivity index (χ0) is 9.68. The van der Waals surface area contributed by atoms with Crippen LogP contribution >= 0.6 is 11.3 Å². The SMILES string of the molecule is CNCCN(C)Cc1scnc1C. The minimum absolute atomic E-state index is 1.01. The van der Waals surface area contributed by atoms with Gasteiger partial charge in [0, 0.05) is 24.5 Å². The van der Waals surface area contributed by atoms with Crippen LogP contribution < -0.4 is 5.32 Å². The molecule has 0 atom stereocenters. The van der Waals surface area contributed by atoms with Crippen molar-refractivity contribution in [2.75, 3.05) is 27.2 Å². The summed E-state index contributed by atoms with van der Waals surface area (Å²) in [5.41, 5.74) is 3.08. The van der Waals surface area contributed by atoms with Crippen molar-refractivity contribution in [3.05, 3.63) is 16.1 Å². The van der Waals surface area contributed by atoms with Crippen molar-refractivity contribution in [1.29, 1.82) is 0 Å². The first-order chi connectivity index (χ1) is 6.24. The molecule has 0 fully saturated rings. The topological polar surface area (TPSA) is 28.2 Å². The molecule has 13 heavy (non-hydrogen) atoms. The van der Waals surface area contributed by atoms with Gasteiger partial charge in [0.2, 0.25) is 0 Å². The van der Waals surface area contributed by atoms with Gasteiger partial charge in [-0.2, -0.15) is 0 Å². The first kappa shape index (κ1) is 10.6. The molecule has 0 spiro atoms. The maximum absolute atomic E-state index is 4.23. The van der Waals surface area contributed by atoms with E-state index in [0.29, 0.717) is 0 Å². The fraction of sp³-hybridized carbons (Fsp3) is 0.667. The summed E-state index contributed by atoms with van der Waals surface area (Å²) in [5, 5.41) is 3.14.